The summed E-state index contributed by atoms with van der Waals surface area (Å²) in [6.45, 7) is 7.05. The first-order chi connectivity index (χ1) is 11.2. The number of piperidine rings is 1. The van der Waals surface area contributed by atoms with Crippen molar-refractivity contribution in [3.05, 3.63) is 23.8 Å². The Labute approximate surface area is 143 Å². The number of rotatable bonds is 4. The van der Waals surface area contributed by atoms with Crippen LogP contribution in [0, 0.1) is 0 Å². The van der Waals surface area contributed by atoms with E-state index in [4.69, 9.17) is 9.47 Å². The average molecular weight is 336 g/mol. The summed E-state index contributed by atoms with van der Waals surface area (Å²) < 4.78 is 10.7. The number of carbonyl (C=O) groups excluding carboxylic acids is 1. The Bertz CT molecular complexity index is 575. The van der Waals surface area contributed by atoms with Crippen molar-refractivity contribution in [2.75, 3.05) is 25.5 Å². The van der Waals surface area contributed by atoms with E-state index in [2.05, 4.69) is 10.6 Å². The maximum absolute atomic E-state index is 11.9. The van der Waals surface area contributed by atoms with Crippen LogP contribution in [0.25, 0.3) is 0 Å². The molecule has 1 fully saturated rings. The van der Waals surface area contributed by atoms with Crippen molar-refractivity contribution in [3.8, 4) is 5.75 Å². The predicted molar refractivity (Wildman–Crippen MR) is 93.6 cm³/mol. The molecule has 1 aliphatic heterocycles. The van der Waals surface area contributed by atoms with Gasteiger partial charge in [0.25, 0.3) is 0 Å². The van der Waals surface area contributed by atoms with Gasteiger partial charge in [0.1, 0.15) is 11.4 Å². The minimum absolute atomic E-state index is 0.488. The maximum atomic E-state index is 11.9. The summed E-state index contributed by atoms with van der Waals surface area (Å²) >= 11 is 0. The molecular weight excluding hydrogens is 308 g/mol. The predicted octanol–water partition coefficient (Wildman–Crippen LogP) is 2.70. The molecule has 24 heavy (non-hydrogen) atoms. The molecule has 1 saturated heterocycles. The Morgan fingerprint density at radius 3 is 2.58 bits per heavy atom. The van der Waals surface area contributed by atoms with Crippen LogP contribution in [0.4, 0.5) is 10.5 Å². The number of hydrogen-bond acceptors (Lipinski definition) is 5. The van der Waals surface area contributed by atoms with Gasteiger partial charge in [0, 0.05) is 12.1 Å². The van der Waals surface area contributed by atoms with Gasteiger partial charge < -0.3 is 19.9 Å². The average Bonchev–Trinajstić information content (AvgIpc) is 2.45. The van der Waals surface area contributed by atoms with Crippen LogP contribution in [-0.4, -0.2) is 42.6 Å². The first-order valence-corrected chi connectivity index (χ1v) is 8.31. The lowest BCUT2D eigenvalue weighted by Crippen LogP contribution is -2.43. The number of nitrogens with one attached hydrogen (secondary N) is 2. The Hall–Kier alpha value is -1.79. The Morgan fingerprint density at radius 2 is 2.00 bits per heavy atom. The summed E-state index contributed by atoms with van der Waals surface area (Å²) in [5.41, 5.74) is 0.195. The summed E-state index contributed by atoms with van der Waals surface area (Å²) in [6.07, 6.45) is 1.38. The number of benzene rings is 1. The highest BCUT2D eigenvalue weighted by Crippen LogP contribution is 2.30. The van der Waals surface area contributed by atoms with Gasteiger partial charge in [0.2, 0.25) is 0 Å². The van der Waals surface area contributed by atoms with E-state index in [1.165, 1.54) is 0 Å². The van der Waals surface area contributed by atoms with E-state index in [0.717, 1.165) is 18.7 Å². The van der Waals surface area contributed by atoms with Crippen molar-refractivity contribution in [3.63, 3.8) is 0 Å². The third kappa shape index (κ3) is 5.39. The minimum Gasteiger partial charge on any atom is -0.496 e. The van der Waals surface area contributed by atoms with Crippen molar-refractivity contribution in [2.45, 2.75) is 51.2 Å². The molecule has 1 aromatic carbocycles. The van der Waals surface area contributed by atoms with Gasteiger partial charge in [0.05, 0.1) is 12.7 Å². The SMILES string of the molecule is COc1ccc(NC(=O)OC(C)(C)C)cc1CC1(O)CCNCC1. The van der Waals surface area contributed by atoms with Gasteiger partial charge >= 0.3 is 6.09 Å². The smallest absolute Gasteiger partial charge is 0.412 e. The van der Waals surface area contributed by atoms with Gasteiger partial charge in [-0.05, 0) is 70.5 Å². The zero-order valence-electron chi connectivity index (χ0n) is 14.9. The number of ether oxygens (including phenoxy) is 2. The molecule has 1 amide bonds. The van der Waals surface area contributed by atoms with Crippen LogP contribution in [-0.2, 0) is 11.2 Å². The zero-order chi connectivity index (χ0) is 17.8. The van der Waals surface area contributed by atoms with E-state index < -0.39 is 17.3 Å². The molecule has 3 N–H and O–H groups in total. The fraction of sp³-hybridized carbons (Fsp3) is 0.611. The number of carbonyl (C=O) groups is 1. The molecule has 1 aromatic rings. The molecule has 6 heteroatoms. The Balaban J connectivity index is 2.13. The van der Waals surface area contributed by atoms with E-state index in [9.17, 15) is 9.90 Å². The summed E-state index contributed by atoms with van der Waals surface area (Å²) in [7, 11) is 1.60. The van der Waals surface area contributed by atoms with Crippen LogP contribution in [0.2, 0.25) is 0 Å². The van der Waals surface area contributed by atoms with E-state index in [1.54, 1.807) is 19.2 Å². The third-order valence-electron chi connectivity index (χ3n) is 3.98. The molecular formula is C18H28N2O4. The first-order valence-electron chi connectivity index (χ1n) is 8.31. The van der Waals surface area contributed by atoms with Gasteiger partial charge in [-0.1, -0.05) is 0 Å². The van der Waals surface area contributed by atoms with Crippen LogP contribution in [0.3, 0.4) is 0 Å². The van der Waals surface area contributed by atoms with Crippen LogP contribution >= 0.6 is 0 Å². The normalized spacial score (nSPS) is 17.2. The Morgan fingerprint density at radius 1 is 1.33 bits per heavy atom. The third-order valence-corrected chi connectivity index (χ3v) is 3.98. The molecule has 0 aromatic heterocycles. The molecule has 0 spiro atoms. The highest BCUT2D eigenvalue weighted by molar-refractivity contribution is 5.85. The number of aliphatic hydroxyl groups is 1. The molecule has 0 saturated carbocycles. The fourth-order valence-corrected chi connectivity index (χ4v) is 2.84. The van der Waals surface area contributed by atoms with Gasteiger partial charge in [-0.2, -0.15) is 0 Å². The molecule has 1 aliphatic rings. The second kappa shape index (κ2) is 7.40. The second-order valence-electron chi connectivity index (χ2n) is 7.30. The first kappa shape index (κ1) is 18.5. The molecule has 6 nitrogen and oxygen atoms in total. The maximum Gasteiger partial charge on any atom is 0.412 e. The molecule has 0 unspecified atom stereocenters. The lowest BCUT2D eigenvalue weighted by Gasteiger charge is -2.33. The van der Waals surface area contributed by atoms with Gasteiger partial charge in [-0.15, -0.1) is 0 Å². The number of hydrogen-bond donors (Lipinski definition) is 3. The zero-order valence-corrected chi connectivity index (χ0v) is 14.9. The largest absolute Gasteiger partial charge is 0.496 e. The van der Waals surface area contributed by atoms with Crippen LogP contribution in [0.1, 0.15) is 39.2 Å². The summed E-state index contributed by atoms with van der Waals surface area (Å²) in [6, 6.07) is 5.40. The summed E-state index contributed by atoms with van der Waals surface area (Å²) in [5.74, 6) is 0.705. The fourth-order valence-electron chi connectivity index (χ4n) is 2.84. The molecule has 0 radical (unpaired) electrons. The van der Waals surface area contributed by atoms with Crippen molar-refractivity contribution in [1.29, 1.82) is 0 Å². The number of amides is 1. The number of methoxy groups -OCH3 is 1. The molecule has 2 rings (SSSR count). The van der Waals surface area contributed by atoms with E-state index in [-0.39, 0.29) is 0 Å². The van der Waals surface area contributed by atoms with Crippen LogP contribution in [0.5, 0.6) is 5.75 Å². The van der Waals surface area contributed by atoms with E-state index in [1.807, 2.05) is 26.8 Å². The van der Waals surface area contributed by atoms with Crippen molar-refractivity contribution < 1.29 is 19.4 Å². The molecule has 1 heterocycles. The lowest BCUT2D eigenvalue weighted by atomic mass is 9.85. The van der Waals surface area contributed by atoms with Crippen molar-refractivity contribution >= 4 is 11.8 Å². The van der Waals surface area contributed by atoms with Gasteiger partial charge in [0.15, 0.2) is 0 Å². The second-order valence-corrected chi connectivity index (χ2v) is 7.30. The van der Waals surface area contributed by atoms with Crippen LogP contribution < -0.4 is 15.4 Å². The molecule has 0 atom stereocenters. The van der Waals surface area contributed by atoms with Crippen molar-refractivity contribution in [2.24, 2.45) is 0 Å². The lowest BCUT2D eigenvalue weighted by molar-refractivity contribution is 0.0104. The van der Waals surface area contributed by atoms with Crippen LogP contribution in [0.15, 0.2) is 18.2 Å². The van der Waals surface area contributed by atoms with Gasteiger partial charge in [-0.3, -0.25) is 5.32 Å². The topological polar surface area (TPSA) is 79.8 Å². The van der Waals surface area contributed by atoms with Gasteiger partial charge in [-0.25, -0.2) is 4.79 Å². The molecule has 0 aliphatic carbocycles. The quantitative estimate of drug-likeness (QED) is 0.788. The Kier molecular flexibility index (Phi) is 5.72. The summed E-state index contributed by atoms with van der Waals surface area (Å²) in [4.78, 5) is 11.9. The number of anilines is 1. The van der Waals surface area contributed by atoms with E-state index >= 15 is 0 Å². The molecule has 0 bridgehead atoms. The molecule has 134 valence electrons. The minimum atomic E-state index is -0.747. The highest BCUT2D eigenvalue weighted by Gasteiger charge is 2.30. The van der Waals surface area contributed by atoms with Crippen molar-refractivity contribution in [1.82, 2.24) is 5.32 Å². The van der Waals surface area contributed by atoms with E-state index in [0.29, 0.717) is 30.7 Å². The standard InChI is InChI=1S/C18H28N2O4/c1-17(2,3)24-16(21)20-14-5-6-15(23-4)13(11-14)12-18(22)7-9-19-10-8-18/h5-6,11,19,22H,7-10,12H2,1-4H3,(H,20,21). The highest BCUT2D eigenvalue weighted by atomic mass is 16.6. The monoisotopic (exact) mass is 336 g/mol. The summed E-state index contributed by atoms with van der Waals surface area (Å²) in [5, 5.41) is 16.7.